The van der Waals surface area contributed by atoms with E-state index in [2.05, 4.69) is 10.1 Å². The van der Waals surface area contributed by atoms with Crippen LogP contribution in [0.1, 0.15) is 0 Å². The third-order valence-corrected chi connectivity index (χ3v) is 1.63. The first-order valence-electron chi connectivity index (χ1n) is 4.35. The van der Waals surface area contributed by atoms with Gasteiger partial charge in [0.2, 0.25) is 0 Å². The quantitative estimate of drug-likeness (QED) is 0.764. The number of amides is 1. The largest absolute Gasteiger partial charge is 0.497 e. The zero-order chi connectivity index (χ0) is 11.1. The maximum absolute atomic E-state index is 11.1. The van der Waals surface area contributed by atoms with Gasteiger partial charge in [0, 0.05) is 7.11 Å². The van der Waals surface area contributed by atoms with Crippen LogP contribution in [0, 0.1) is 0 Å². The number of benzene rings is 1. The summed E-state index contributed by atoms with van der Waals surface area (Å²) in [7, 11) is 3.05. The molecule has 0 saturated carbocycles. The lowest BCUT2D eigenvalue weighted by atomic mass is 10.3. The van der Waals surface area contributed by atoms with Gasteiger partial charge < -0.3 is 14.2 Å². The van der Waals surface area contributed by atoms with Gasteiger partial charge in [0.05, 0.1) is 7.11 Å². The minimum atomic E-state index is -0.554. The Hall–Kier alpha value is -1.75. The molecule has 5 nitrogen and oxygen atoms in total. The average Bonchev–Trinajstić information content (AvgIpc) is 2.27. The second-order valence-corrected chi connectivity index (χ2v) is 2.67. The van der Waals surface area contributed by atoms with Crippen molar-refractivity contribution < 1.29 is 19.0 Å². The van der Waals surface area contributed by atoms with Crippen molar-refractivity contribution in [1.82, 2.24) is 5.32 Å². The van der Waals surface area contributed by atoms with Gasteiger partial charge in [-0.2, -0.15) is 0 Å². The molecule has 1 amide bonds. The van der Waals surface area contributed by atoms with Crippen molar-refractivity contribution in [3.8, 4) is 11.5 Å². The van der Waals surface area contributed by atoms with E-state index in [1.54, 1.807) is 31.4 Å². The third-order valence-electron chi connectivity index (χ3n) is 1.63. The molecule has 1 rings (SSSR count). The zero-order valence-electron chi connectivity index (χ0n) is 8.65. The minimum absolute atomic E-state index is 0.120. The molecule has 1 N–H and O–H groups in total. The molecule has 0 aromatic heterocycles. The van der Waals surface area contributed by atoms with E-state index in [1.165, 1.54) is 7.11 Å². The predicted octanol–water partition coefficient (Wildman–Crippen LogP) is 1.39. The van der Waals surface area contributed by atoms with Gasteiger partial charge in [0.25, 0.3) is 0 Å². The number of hydrogen-bond acceptors (Lipinski definition) is 4. The molecule has 0 unspecified atom stereocenters. The van der Waals surface area contributed by atoms with Crippen LogP contribution < -0.4 is 14.8 Å². The molecule has 82 valence electrons. The van der Waals surface area contributed by atoms with E-state index in [0.717, 1.165) is 0 Å². The normalized spacial score (nSPS) is 9.47. The van der Waals surface area contributed by atoms with Crippen molar-refractivity contribution in [1.29, 1.82) is 0 Å². The lowest BCUT2D eigenvalue weighted by molar-refractivity contribution is 0.153. The van der Waals surface area contributed by atoms with E-state index in [1.807, 2.05) is 0 Å². The summed E-state index contributed by atoms with van der Waals surface area (Å²) >= 11 is 0. The Labute approximate surface area is 87.9 Å². The summed E-state index contributed by atoms with van der Waals surface area (Å²) in [6.07, 6.45) is -0.554. The highest BCUT2D eigenvalue weighted by Gasteiger charge is 2.02. The average molecular weight is 211 g/mol. The molecular formula is C10H13NO4. The fourth-order valence-corrected chi connectivity index (χ4v) is 0.918. The van der Waals surface area contributed by atoms with Gasteiger partial charge in [-0.25, -0.2) is 4.79 Å². The summed E-state index contributed by atoms with van der Waals surface area (Å²) in [5.41, 5.74) is 0. The molecule has 5 heteroatoms. The highest BCUT2D eigenvalue weighted by molar-refractivity contribution is 5.70. The van der Waals surface area contributed by atoms with Gasteiger partial charge in [-0.05, 0) is 24.3 Å². The van der Waals surface area contributed by atoms with Crippen LogP contribution in [0.15, 0.2) is 24.3 Å². The zero-order valence-corrected chi connectivity index (χ0v) is 8.65. The van der Waals surface area contributed by atoms with Crippen molar-refractivity contribution in [2.45, 2.75) is 0 Å². The second-order valence-electron chi connectivity index (χ2n) is 2.67. The first kappa shape index (κ1) is 11.3. The van der Waals surface area contributed by atoms with Crippen LogP contribution in [0.2, 0.25) is 0 Å². The first-order chi connectivity index (χ1) is 7.26. The Balaban J connectivity index is 2.46. The van der Waals surface area contributed by atoms with Crippen LogP contribution in [0.25, 0.3) is 0 Å². The highest BCUT2D eigenvalue weighted by Crippen LogP contribution is 2.16. The van der Waals surface area contributed by atoms with Crippen molar-refractivity contribution in [2.75, 3.05) is 21.0 Å². The Morgan fingerprint density at radius 3 is 2.33 bits per heavy atom. The lowest BCUT2D eigenvalue weighted by Gasteiger charge is -2.06. The second kappa shape index (κ2) is 5.87. The van der Waals surface area contributed by atoms with E-state index in [-0.39, 0.29) is 6.73 Å². The minimum Gasteiger partial charge on any atom is -0.497 e. The topological polar surface area (TPSA) is 56.8 Å². The Morgan fingerprint density at radius 1 is 1.20 bits per heavy atom. The van der Waals surface area contributed by atoms with Crippen molar-refractivity contribution in [3.05, 3.63) is 24.3 Å². The molecule has 0 radical (unpaired) electrons. The number of carbonyl (C=O) groups excluding carboxylic acids is 1. The summed E-state index contributed by atoms with van der Waals surface area (Å²) in [6, 6.07) is 6.70. The molecular weight excluding hydrogens is 198 g/mol. The van der Waals surface area contributed by atoms with Gasteiger partial charge >= 0.3 is 6.09 Å². The van der Waals surface area contributed by atoms with Crippen LogP contribution in [0.5, 0.6) is 11.5 Å². The van der Waals surface area contributed by atoms with Crippen LogP contribution >= 0.6 is 0 Å². The lowest BCUT2D eigenvalue weighted by Crippen LogP contribution is -2.28. The molecule has 0 atom stereocenters. The van der Waals surface area contributed by atoms with Crippen molar-refractivity contribution in [3.63, 3.8) is 0 Å². The van der Waals surface area contributed by atoms with E-state index >= 15 is 0 Å². The maximum atomic E-state index is 11.1. The fourth-order valence-electron chi connectivity index (χ4n) is 0.918. The number of rotatable bonds is 4. The van der Waals surface area contributed by atoms with Gasteiger partial charge in [-0.1, -0.05) is 0 Å². The number of methoxy groups -OCH3 is 2. The van der Waals surface area contributed by atoms with Crippen LogP contribution in [-0.2, 0) is 4.74 Å². The summed E-state index contributed by atoms with van der Waals surface area (Å²) < 4.78 is 14.5. The molecule has 1 aromatic rings. The standard InChI is InChI=1S/C10H13NO4/c1-13-7-11-10(12)15-9-5-3-8(14-2)4-6-9/h3-6H,7H2,1-2H3,(H,11,12). The van der Waals surface area contributed by atoms with Crippen molar-refractivity contribution >= 4 is 6.09 Å². The van der Waals surface area contributed by atoms with Crippen LogP contribution in [0.3, 0.4) is 0 Å². The summed E-state index contributed by atoms with van der Waals surface area (Å²) in [6.45, 7) is 0.120. The molecule has 1 aromatic carbocycles. The van der Waals surface area contributed by atoms with E-state index < -0.39 is 6.09 Å². The van der Waals surface area contributed by atoms with Crippen molar-refractivity contribution in [2.24, 2.45) is 0 Å². The van der Waals surface area contributed by atoms with E-state index in [4.69, 9.17) is 9.47 Å². The molecule has 0 aliphatic rings. The molecule has 15 heavy (non-hydrogen) atoms. The highest BCUT2D eigenvalue weighted by atomic mass is 16.6. The molecule has 0 heterocycles. The number of nitrogens with one attached hydrogen (secondary N) is 1. The molecule has 0 bridgehead atoms. The van der Waals surface area contributed by atoms with Crippen LogP contribution in [0.4, 0.5) is 4.79 Å². The van der Waals surface area contributed by atoms with Gasteiger partial charge in [0.1, 0.15) is 18.2 Å². The van der Waals surface area contributed by atoms with Crippen LogP contribution in [-0.4, -0.2) is 27.0 Å². The molecule has 0 spiro atoms. The predicted molar refractivity (Wildman–Crippen MR) is 54.0 cm³/mol. The summed E-state index contributed by atoms with van der Waals surface area (Å²) in [5, 5.41) is 2.39. The number of ether oxygens (including phenoxy) is 3. The first-order valence-corrected chi connectivity index (χ1v) is 4.35. The molecule has 0 saturated heterocycles. The van der Waals surface area contributed by atoms with Gasteiger partial charge in [-0.15, -0.1) is 0 Å². The Kier molecular flexibility index (Phi) is 4.43. The molecule has 0 aliphatic carbocycles. The number of carbonyl (C=O) groups is 1. The Morgan fingerprint density at radius 2 is 1.80 bits per heavy atom. The summed E-state index contributed by atoms with van der Waals surface area (Å²) in [5.74, 6) is 1.16. The smallest absolute Gasteiger partial charge is 0.414 e. The van der Waals surface area contributed by atoms with Gasteiger partial charge in [-0.3, -0.25) is 5.32 Å². The Bertz CT molecular complexity index is 310. The van der Waals surface area contributed by atoms with Gasteiger partial charge in [0.15, 0.2) is 0 Å². The maximum Gasteiger partial charge on any atom is 0.414 e. The number of hydrogen-bond donors (Lipinski definition) is 1. The molecule has 0 aliphatic heterocycles. The molecule has 0 fully saturated rings. The SMILES string of the molecule is COCNC(=O)Oc1ccc(OC)cc1. The third kappa shape index (κ3) is 3.86. The summed E-state index contributed by atoms with van der Waals surface area (Å²) in [4.78, 5) is 11.1. The van der Waals surface area contributed by atoms with E-state index in [9.17, 15) is 4.79 Å². The monoisotopic (exact) mass is 211 g/mol. The van der Waals surface area contributed by atoms with E-state index in [0.29, 0.717) is 11.5 Å². The fraction of sp³-hybridized carbons (Fsp3) is 0.300.